The fourth-order valence-corrected chi connectivity index (χ4v) is 10.4. The zero-order chi connectivity index (χ0) is 55.9. The number of cyclic esters (lactones) is 1. The van der Waals surface area contributed by atoms with Crippen molar-refractivity contribution in [3.8, 4) is 0 Å². The third-order valence-corrected chi connectivity index (χ3v) is 15.1. The molecule has 3 rings (SSSR count). The van der Waals surface area contributed by atoms with E-state index in [4.69, 9.17) is 29.0 Å². The van der Waals surface area contributed by atoms with Crippen molar-refractivity contribution in [3.05, 3.63) is 83.5 Å². The zero-order valence-corrected chi connectivity index (χ0v) is 45.6. The molecule has 0 amide bonds. The number of aliphatic hydroxyl groups excluding tert-OH is 5. The van der Waals surface area contributed by atoms with E-state index in [9.17, 15) is 63.6 Å². The predicted octanol–water partition coefficient (Wildman–Crippen LogP) is 6.67. The summed E-state index contributed by atoms with van der Waals surface area (Å²) >= 11 is 0. The van der Waals surface area contributed by atoms with E-state index in [0.717, 1.165) is 42.9 Å². The van der Waals surface area contributed by atoms with Gasteiger partial charge < -0.3 is 55.3 Å². The first-order valence-electron chi connectivity index (χ1n) is 26.5. The molecule has 1 aromatic heterocycles. The molecule has 2 aliphatic heterocycles. The van der Waals surface area contributed by atoms with Crippen molar-refractivity contribution in [2.45, 2.75) is 191 Å². The van der Waals surface area contributed by atoms with Crippen LogP contribution in [0, 0.1) is 11.8 Å². The number of Topliss-reactive ketones (excluding diaryl/α,β-unsaturated/α-hetero) is 1. The third-order valence-electron chi connectivity index (χ3n) is 12.5. The van der Waals surface area contributed by atoms with Crippen LogP contribution in [0.15, 0.2) is 77.8 Å². The van der Waals surface area contributed by atoms with E-state index in [1.807, 2.05) is 25.2 Å². The fraction of sp³-hybridized carbons (Fsp3) is 0.673. The molecule has 2 unspecified atom stereocenters. The number of esters is 2. The van der Waals surface area contributed by atoms with Gasteiger partial charge in [-0.1, -0.05) is 107 Å². The number of carbonyl (C=O) groups is 3. The number of hydrogen-bond acceptors (Lipinski definition) is 19. The van der Waals surface area contributed by atoms with Gasteiger partial charge in [0.2, 0.25) is 0 Å². The zero-order valence-electron chi connectivity index (χ0n) is 43.9. The topological polar surface area (TPSA) is 343 Å². The van der Waals surface area contributed by atoms with Crippen LogP contribution >= 0.6 is 15.6 Å². The number of anilines is 1. The number of unbranched alkanes of at least 4 members (excludes halogenated alkanes) is 6. The van der Waals surface area contributed by atoms with Gasteiger partial charge in [0, 0.05) is 50.1 Å². The molecule has 76 heavy (non-hydrogen) atoms. The van der Waals surface area contributed by atoms with Gasteiger partial charge in [-0.3, -0.25) is 28.0 Å². The number of nitrogen functional groups attached to an aromatic ring is 1. The molecular formula is C52H83N3O19P2. The number of ketones is 1. The molecule has 3 heterocycles. The highest BCUT2D eigenvalue weighted by molar-refractivity contribution is 7.61. The van der Waals surface area contributed by atoms with E-state index in [2.05, 4.69) is 46.6 Å². The van der Waals surface area contributed by atoms with Gasteiger partial charge in [-0.25, -0.2) is 13.9 Å². The lowest BCUT2D eigenvalue weighted by atomic mass is 9.82. The van der Waals surface area contributed by atoms with E-state index in [1.54, 1.807) is 0 Å². The Kier molecular flexibility index (Phi) is 31.6. The lowest BCUT2D eigenvalue weighted by Crippen LogP contribution is -2.52. The summed E-state index contributed by atoms with van der Waals surface area (Å²) in [5.74, 6) is -5.26. The summed E-state index contributed by atoms with van der Waals surface area (Å²) in [4.78, 5) is 77.8. The molecule has 0 aromatic carbocycles. The van der Waals surface area contributed by atoms with Crippen molar-refractivity contribution < 1.29 is 86.4 Å². The molecule has 430 valence electrons. The van der Waals surface area contributed by atoms with Crippen LogP contribution in [0.5, 0.6) is 0 Å². The quantitative estimate of drug-likeness (QED) is 0.0245. The Hall–Kier alpha value is -3.99. The van der Waals surface area contributed by atoms with Crippen molar-refractivity contribution in [2.24, 2.45) is 11.8 Å². The molecule has 9 N–H and O–H groups in total. The third kappa shape index (κ3) is 26.6. The Balaban J connectivity index is 1.78. The second kappa shape index (κ2) is 36.2. The molecule has 2 fully saturated rings. The average molecular weight is 1120 g/mol. The normalized spacial score (nSPS) is 29.9. The molecule has 1 aromatic rings. The smallest absolute Gasteiger partial charge is 0.462 e. The summed E-state index contributed by atoms with van der Waals surface area (Å²) < 4.78 is 58.6. The van der Waals surface area contributed by atoms with Gasteiger partial charge in [-0.2, -0.15) is 9.29 Å². The molecule has 2 bridgehead atoms. The van der Waals surface area contributed by atoms with E-state index in [0.29, 0.717) is 32.1 Å². The number of phosphoric ester groups is 2. The van der Waals surface area contributed by atoms with Gasteiger partial charge in [-0.05, 0) is 70.3 Å². The number of fused-ring (bicyclic) bond motifs is 3. The minimum absolute atomic E-state index is 0.0247. The lowest BCUT2D eigenvalue weighted by Gasteiger charge is -2.40. The summed E-state index contributed by atoms with van der Waals surface area (Å²) in [7, 11) is -11.4. The molecule has 0 radical (unpaired) electrons. The van der Waals surface area contributed by atoms with Crippen molar-refractivity contribution in [1.29, 1.82) is 0 Å². The highest BCUT2D eigenvalue weighted by atomic mass is 31.3. The van der Waals surface area contributed by atoms with E-state index < -0.39 is 133 Å². The summed E-state index contributed by atoms with van der Waals surface area (Å²) in [5.41, 5.74) is 4.66. The van der Waals surface area contributed by atoms with Gasteiger partial charge >= 0.3 is 33.3 Å². The van der Waals surface area contributed by atoms with E-state index in [1.165, 1.54) is 37.5 Å². The SMILES string of the molecule is CCCCC/C=C\C/C=C\C/C=C\C/C=C\CCCC(=O)OC[C@@H]1COP(=O)(O)OP(=O)(O)OC[C@H]2O[C@@H](n3ccc(N)nc3=O)[C@@H](CC(=O)CCCCC(=O)O1)[C@@H](O)C[C@@H](O)[C@H](/C=C\[C@@H](O)CCCCC)[C@H](O)[C@@H]2O. The molecule has 0 spiro atoms. The highest BCUT2D eigenvalue weighted by Gasteiger charge is 2.45. The second-order valence-corrected chi connectivity index (χ2v) is 22.0. The summed E-state index contributed by atoms with van der Waals surface area (Å²) in [6.45, 7) is 1.24. The maximum Gasteiger partial charge on any atom is 0.481 e. The molecule has 0 aliphatic carbocycles. The number of hydrogen-bond donors (Lipinski definition) is 8. The second-order valence-electron chi connectivity index (χ2n) is 19.0. The number of carbonyl (C=O) groups excluding carboxylic acids is 3. The van der Waals surface area contributed by atoms with Crippen LogP contribution in [0.2, 0.25) is 0 Å². The summed E-state index contributed by atoms with van der Waals surface area (Å²) in [5, 5.41) is 57.4. The molecule has 0 saturated carbocycles. The van der Waals surface area contributed by atoms with E-state index in [-0.39, 0.29) is 37.9 Å². The fourth-order valence-electron chi connectivity index (χ4n) is 8.29. The number of nitrogens with two attached hydrogens (primary N) is 1. The van der Waals surface area contributed by atoms with Crippen LogP contribution in [-0.4, -0.2) is 125 Å². The van der Waals surface area contributed by atoms with Crippen molar-refractivity contribution in [2.75, 3.05) is 25.6 Å². The van der Waals surface area contributed by atoms with E-state index >= 15 is 0 Å². The van der Waals surface area contributed by atoms with Crippen LogP contribution < -0.4 is 11.4 Å². The number of aromatic nitrogens is 2. The van der Waals surface area contributed by atoms with Crippen LogP contribution in [0.1, 0.15) is 148 Å². The minimum Gasteiger partial charge on any atom is -0.462 e. The predicted molar refractivity (Wildman–Crippen MR) is 282 cm³/mol. The van der Waals surface area contributed by atoms with Crippen LogP contribution in [0.25, 0.3) is 0 Å². The number of rotatable bonds is 23. The molecule has 2 saturated heterocycles. The first-order chi connectivity index (χ1) is 36.3. The largest absolute Gasteiger partial charge is 0.481 e. The van der Waals surface area contributed by atoms with Crippen molar-refractivity contribution >= 4 is 39.2 Å². The Labute approximate surface area is 445 Å². The number of allylic oxidation sites excluding steroid dienone is 8. The molecule has 22 nitrogen and oxygen atoms in total. The van der Waals surface area contributed by atoms with Gasteiger partial charge in [0.05, 0.1) is 37.6 Å². The first-order valence-corrected chi connectivity index (χ1v) is 29.5. The van der Waals surface area contributed by atoms with Gasteiger partial charge in [0.15, 0.2) is 6.10 Å². The Bertz CT molecular complexity index is 2200. The van der Waals surface area contributed by atoms with Crippen LogP contribution in [0.3, 0.4) is 0 Å². The highest BCUT2D eigenvalue weighted by Crippen LogP contribution is 2.60. The molecular weight excluding hydrogens is 1030 g/mol. The maximum atomic E-state index is 13.7. The summed E-state index contributed by atoms with van der Waals surface area (Å²) in [6, 6.07) is 1.18. The minimum atomic E-state index is -5.77. The van der Waals surface area contributed by atoms with Crippen molar-refractivity contribution in [1.82, 2.24) is 9.55 Å². The Morgan fingerprint density at radius 1 is 0.829 bits per heavy atom. The molecule has 24 heteroatoms. The Morgan fingerprint density at radius 3 is 2.08 bits per heavy atom. The maximum absolute atomic E-state index is 13.7. The van der Waals surface area contributed by atoms with Crippen LogP contribution in [-0.2, 0) is 51.1 Å². The molecule has 2 aliphatic rings. The Morgan fingerprint density at radius 2 is 1.43 bits per heavy atom. The average Bonchev–Trinajstić information content (AvgIpc) is 3.35. The van der Waals surface area contributed by atoms with Gasteiger partial charge in [0.25, 0.3) is 0 Å². The molecule has 12 atom stereocenters. The number of phosphoric acid groups is 2. The summed E-state index contributed by atoms with van der Waals surface area (Å²) in [6.07, 6.45) is 15.5. The standard InChI is InChI=1S/C52H83N3O19P2/c1-3-5-7-8-9-10-11-12-13-14-15-16-17-18-19-20-22-27-47(60)69-35-40-36-70-75(65,66)74-76(67,68)71-37-45-50(63)49(62)41(30-29-38(56)25-21-6-4-2)43(58)34-44(59)42(33-39(57)26-23-24-28-48(61)72-40)51(73-45)55-32-31-46(53)54-52(55)64/h9-10,12-13,15-16,18-19,29-32,38,40-45,49-51,56,58-59,62-63H,3-8,11,14,17,20-28,33-37H2,1-2H3,(H,65,66)(H,67,68)(H2,53,54,64)/b10-9-,13-12-,16-15-,19-18-,30-29-/t38-,40+,41-,42-,43+,44-,45+,49-,50+,51+/m0/s1. The monoisotopic (exact) mass is 1120 g/mol. The van der Waals surface area contributed by atoms with Gasteiger partial charge in [0.1, 0.15) is 36.6 Å². The number of ether oxygens (including phenoxy) is 3. The number of aliphatic hydroxyl groups is 5. The lowest BCUT2D eigenvalue weighted by molar-refractivity contribution is -0.196. The van der Waals surface area contributed by atoms with Gasteiger partial charge in [-0.15, -0.1) is 0 Å². The number of nitrogens with zero attached hydrogens (tertiary/aromatic N) is 2. The van der Waals surface area contributed by atoms with Crippen molar-refractivity contribution in [3.63, 3.8) is 0 Å². The van der Waals surface area contributed by atoms with Crippen LogP contribution in [0.4, 0.5) is 5.82 Å². The first kappa shape index (κ1) is 66.3.